The van der Waals surface area contributed by atoms with Crippen molar-refractivity contribution in [2.24, 2.45) is 5.92 Å². The van der Waals surface area contributed by atoms with Gasteiger partial charge in [-0.2, -0.15) is 0 Å². The van der Waals surface area contributed by atoms with E-state index in [2.05, 4.69) is 0 Å². The fourth-order valence-corrected chi connectivity index (χ4v) is 0.910. The van der Waals surface area contributed by atoms with Crippen molar-refractivity contribution >= 4 is 17.9 Å². The molecule has 0 aromatic carbocycles. The zero-order valence-corrected chi connectivity index (χ0v) is 4.69. The number of halogens is 1. The molecular weight excluding hydrogens is 112 g/mol. The van der Waals surface area contributed by atoms with Gasteiger partial charge in [-0.25, -0.2) is 0 Å². The Hall–Kier alpha value is -0.0400. The molecule has 0 spiro atoms. The molecule has 0 aliphatic heterocycles. The summed E-state index contributed by atoms with van der Waals surface area (Å²) in [5, 5.41) is 0.310. The number of hydrogen-bond acceptors (Lipinski definition) is 1. The summed E-state index contributed by atoms with van der Waals surface area (Å²) in [4.78, 5) is 9.74. The summed E-state index contributed by atoms with van der Waals surface area (Å²) in [6, 6.07) is 0. The molecule has 2 heteroatoms. The molecule has 1 fully saturated rings. The molecule has 0 amide bonds. The van der Waals surface area contributed by atoms with E-state index in [-0.39, 0.29) is 0 Å². The van der Waals surface area contributed by atoms with Crippen molar-refractivity contribution in [2.75, 3.05) is 0 Å². The van der Waals surface area contributed by atoms with E-state index >= 15 is 0 Å². The number of hydrogen-bond donors (Lipinski definition) is 0. The first-order valence-corrected chi connectivity index (χ1v) is 2.86. The molecular formula is C5H7ClO. The van der Waals surface area contributed by atoms with E-state index in [0.717, 1.165) is 12.7 Å². The normalized spacial score (nSPS) is 37.9. The Morgan fingerprint density at radius 1 is 1.86 bits per heavy atom. The van der Waals surface area contributed by atoms with Crippen molar-refractivity contribution < 1.29 is 4.79 Å². The van der Waals surface area contributed by atoms with Crippen molar-refractivity contribution in [1.29, 1.82) is 0 Å². The van der Waals surface area contributed by atoms with E-state index in [1.807, 2.05) is 0 Å². The van der Waals surface area contributed by atoms with Crippen LogP contribution in [0.2, 0.25) is 0 Å². The van der Waals surface area contributed by atoms with Gasteiger partial charge in [0.15, 0.2) is 0 Å². The number of aldehydes is 1. The third kappa shape index (κ3) is 1.16. The summed E-state index contributed by atoms with van der Waals surface area (Å²) < 4.78 is 0. The van der Waals surface area contributed by atoms with Crippen LogP contribution in [0.25, 0.3) is 0 Å². The Balaban J connectivity index is 2.08. The maximum absolute atomic E-state index is 9.74. The summed E-state index contributed by atoms with van der Waals surface area (Å²) in [7, 11) is 0. The van der Waals surface area contributed by atoms with Crippen LogP contribution in [0.1, 0.15) is 12.8 Å². The van der Waals surface area contributed by atoms with Crippen molar-refractivity contribution in [3.63, 3.8) is 0 Å². The molecule has 0 N–H and O–H groups in total. The van der Waals surface area contributed by atoms with Crippen molar-refractivity contribution in [1.82, 2.24) is 0 Å². The predicted molar refractivity (Wildman–Crippen MR) is 28.4 cm³/mol. The lowest BCUT2D eigenvalue weighted by molar-refractivity contribution is -0.108. The molecule has 40 valence electrons. The lowest BCUT2D eigenvalue weighted by Gasteiger charge is -1.77. The Labute approximate surface area is 47.7 Å². The largest absolute Gasteiger partial charge is 0.303 e. The van der Waals surface area contributed by atoms with Crippen LogP contribution in [-0.2, 0) is 4.79 Å². The lowest BCUT2D eigenvalue weighted by Crippen LogP contribution is -1.78. The Kier molecular flexibility index (Phi) is 1.33. The average molecular weight is 119 g/mol. The zero-order chi connectivity index (χ0) is 5.28. The van der Waals surface area contributed by atoms with Gasteiger partial charge in [-0.3, -0.25) is 0 Å². The third-order valence-corrected chi connectivity index (χ3v) is 1.77. The van der Waals surface area contributed by atoms with E-state index in [4.69, 9.17) is 11.6 Å². The van der Waals surface area contributed by atoms with E-state index in [0.29, 0.717) is 17.7 Å². The number of carbonyl (C=O) groups excluding carboxylic acids is 1. The van der Waals surface area contributed by atoms with Gasteiger partial charge in [-0.15, -0.1) is 11.6 Å². The number of rotatable bonds is 2. The lowest BCUT2D eigenvalue weighted by atomic mass is 10.3. The highest BCUT2D eigenvalue weighted by Crippen LogP contribution is 2.37. The van der Waals surface area contributed by atoms with Gasteiger partial charge in [-0.1, -0.05) is 0 Å². The van der Waals surface area contributed by atoms with Crippen molar-refractivity contribution in [2.45, 2.75) is 18.2 Å². The van der Waals surface area contributed by atoms with Crippen LogP contribution >= 0.6 is 11.6 Å². The molecule has 0 radical (unpaired) electrons. The molecule has 2 atom stereocenters. The van der Waals surface area contributed by atoms with Gasteiger partial charge < -0.3 is 4.79 Å². The quantitative estimate of drug-likeness (QED) is 0.393. The molecule has 0 saturated heterocycles. The van der Waals surface area contributed by atoms with Crippen LogP contribution in [0.15, 0.2) is 0 Å². The number of alkyl halides is 1. The smallest absolute Gasteiger partial charge is 0.120 e. The maximum atomic E-state index is 9.74. The molecule has 0 bridgehead atoms. The van der Waals surface area contributed by atoms with Crippen LogP contribution in [0.4, 0.5) is 0 Å². The van der Waals surface area contributed by atoms with Crippen LogP contribution < -0.4 is 0 Å². The van der Waals surface area contributed by atoms with Crippen molar-refractivity contribution in [3.05, 3.63) is 0 Å². The first kappa shape index (κ1) is 5.10. The van der Waals surface area contributed by atoms with Crippen LogP contribution in [-0.4, -0.2) is 11.7 Å². The highest BCUT2D eigenvalue weighted by Gasteiger charge is 2.34. The summed E-state index contributed by atoms with van der Waals surface area (Å²) in [6.07, 6.45) is 2.64. The summed E-state index contributed by atoms with van der Waals surface area (Å²) in [5.74, 6) is 0.513. The van der Waals surface area contributed by atoms with E-state index in [1.165, 1.54) is 0 Å². The van der Waals surface area contributed by atoms with Crippen LogP contribution in [0.3, 0.4) is 0 Å². The van der Waals surface area contributed by atoms with Gasteiger partial charge in [0.05, 0.1) is 0 Å². The molecule has 2 unspecified atom stereocenters. The predicted octanol–water partition coefficient (Wildman–Crippen LogP) is 1.20. The molecule has 1 rings (SSSR count). The van der Waals surface area contributed by atoms with Gasteiger partial charge in [0, 0.05) is 11.8 Å². The maximum Gasteiger partial charge on any atom is 0.120 e. The minimum absolute atomic E-state index is 0.310. The summed E-state index contributed by atoms with van der Waals surface area (Å²) in [5.41, 5.74) is 0. The summed E-state index contributed by atoms with van der Waals surface area (Å²) >= 11 is 5.57. The van der Waals surface area contributed by atoms with Gasteiger partial charge in [0.1, 0.15) is 6.29 Å². The molecule has 0 aromatic rings. The monoisotopic (exact) mass is 118 g/mol. The molecule has 1 nitrogen and oxygen atoms in total. The Bertz CT molecular complexity index is 82.1. The first-order valence-electron chi connectivity index (χ1n) is 2.42. The molecule has 0 aromatic heterocycles. The Morgan fingerprint density at radius 2 is 2.43 bits per heavy atom. The second-order valence-electron chi connectivity index (χ2n) is 1.91. The molecule has 1 aliphatic rings. The third-order valence-electron chi connectivity index (χ3n) is 1.24. The van der Waals surface area contributed by atoms with Gasteiger partial charge >= 0.3 is 0 Å². The topological polar surface area (TPSA) is 17.1 Å². The molecule has 0 heterocycles. The number of carbonyl (C=O) groups is 1. The molecule has 1 saturated carbocycles. The van der Waals surface area contributed by atoms with Gasteiger partial charge in [-0.05, 0) is 12.3 Å². The SMILES string of the molecule is O=CCC1CC1Cl. The zero-order valence-electron chi connectivity index (χ0n) is 3.93. The standard InChI is InChI=1S/C5H7ClO/c6-5-3-4(5)1-2-7/h2,4-5H,1,3H2. The molecule has 7 heavy (non-hydrogen) atoms. The van der Waals surface area contributed by atoms with E-state index < -0.39 is 0 Å². The van der Waals surface area contributed by atoms with Crippen LogP contribution in [0, 0.1) is 5.92 Å². The average Bonchev–Trinajstić information content (AvgIpc) is 2.22. The minimum Gasteiger partial charge on any atom is -0.303 e. The van der Waals surface area contributed by atoms with Gasteiger partial charge in [0.2, 0.25) is 0 Å². The second kappa shape index (κ2) is 1.83. The minimum atomic E-state index is 0.310. The Morgan fingerprint density at radius 3 is 2.57 bits per heavy atom. The molecule has 1 aliphatic carbocycles. The van der Waals surface area contributed by atoms with E-state index in [1.54, 1.807) is 0 Å². The van der Waals surface area contributed by atoms with Crippen molar-refractivity contribution in [3.8, 4) is 0 Å². The highest BCUT2D eigenvalue weighted by molar-refractivity contribution is 6.22. The van der Waals surface area contributed by atoms with E-state index in [9.17, 15) is 4.79 Å². The fourth-order valence-electron chi connectivity index (χ4n) is 0.578. The first-order chi connectivity index (χ1) is 3.34. The second-order valence-corrected chi connectivity index (χ2v) is 2.47. The fraction of sp³-hybridized carbons (Fsp3) is 0.800. The van der Waals surface area contributed by atoms with Gasteiger partial charge in [0.25, 0.3) is 0 Å². The highest BCUT2D eigenvalue weighted by atomic mass is 35.5. The summed E-state index contributed by atoms with van der Waals surface area (Å²) in [6.45, 7) is 0. The van der Waals surface area contributed by atoms with Crippen LogP contribution in [0.5, 0.6) is 0 Å².